The molecular weight excluding hydrogens is 160 g/mol. The van der Waals surface area contributed by atoms with E-state index in [0.29, 0.717) is 13.0 Å². The van der Waals surface area contributed by atoms with Gasteiger partial charge in [-0.25, -0.2) is 0 Å². The highest BCUT2D eigenvalue weighted by atomic mass is 32.2. The van der Waals surface area contributed by atoms with Crippen LogP contribution in [-0.2, 0) is 9.53 Å². The van der Waals surface area contributed by atoms with Crippen molar-refractivity contribution in [2.24, 2.45) is 0 Å². The minimum Gasteiger partial charge on any atom is -0.466 e. The van der Waals surface area contributed by atoms with Crippen molar-refractivity contribution >= 4 is 17.7 Å². The van der Waals surface area contributed by atoms with Crippen LogP contribution in [0, 0.1) is 0 Å². The van der Waals surface area contributed by atoms with Gasteiger partial charge < -0.3 is 4.74 Å². The topological polar surface area (TPSA) is 26.3 Å². The summed E-state index contributed by atoms with van der Waals surface area (Å²) < 4.78 is 4.77. The zero-order chi connectivity index (χ0) is 8.53. The Hall–Kier alpha value is -0.180. The fraction of sp³-hybridized carbons (Fsp3) is 0.875. The molecule has 0 aliphatic carbocycles. The molecule has 0 heterocycles. The zero-order valence-corrected chi connectivity index (χ0v) is 8.08. The van der Waals surface area contributed by atoms with E-state index in [0.717, 1.165) is 11.5 Å². The molecule has 0 atom stereocenters. The largest absolute Gasteiger partial charge is 0.466 e. The Balaban J connectivity index is 3.04. The van der Waals surface area contributed by atoms with Crippen molar-refractivity contribution in [3.05, 3.63) is 0 Å². The first-order chi connectivity index (χ1) is 5.31. The Morgan fingerprint density at radius 2 is 2.09 bits per heavy atom. The summed E-state index contributed by atoms with van der Waals surface area (Å²) in [6.45, 7) is 4.46. The van der Waals surface area contributed by atoms with E-state index in [4.69, 9.17) is 4.74 Å². The van der Waals surface area contributed by atoms with Gasteiger partial charge in [0, 0.05) is 5.75 Å². The monoisotopic (exact) mass is 176 g/mol. The molecule has 0 aromatic carbocycles. The van der Waals surface area contributed by atoms with Crippen LogP contribution in [0.5, 0.6) is 0 Å². The zero-order valence-electron chi connectivity index (χ0n) is 7.26. The van der Waals surface area contributed by atoms with Crippen LogP contribution in [0.3, 0.4) is 0 Å². The molecule has 0 amide bonds. The predicted octanol–water partition coefficient (Wildman–Crippen LogP) is 2.08. The van der Waals surface area contributed by atoms with Crippen LogP contribution < -0.4 is 0 Å². The molecule has 0 spiro atoms. The molecule has 0 fully saturated rings. The lowest BCUT2D eigenvalue weighted by atomic mass is 10.5. The fourth-order valence-electron chi connectivity index (χ4n) is 0.635. The second-order valence-corrected chi connectivity index (χ2v) is 3.39. The number of rotatable bonds is 6. The van der Waals surface area contributed by atoms with E-state index in [1.807, 2.05) is 6.92 Å². The Bertz CT molecular complexity index is 104. The summed E-state index contributed by atoms with van der Waals surface area (Å²) in [5.41, 5.74) is 0. The van der Waals surface area contributed by atoms with Crippen molar-refractivity contribution in [2.45, 2.75) is 26.7 Å². The van der Waals surface area contributed by atoms with Crippen LogP contribution in [0.25, 0.3) is 0 Å². The molecule has 0 rings (SSSR count). The highest BCUT2D eigenvalue weighted by Crippen LogP contribution is 2.04. The van der Waals surface area contributed by atoms with Crippen LogP contribution in [0.15, 0.2) is 0 Å². The summed E-state index contributed by atoms with van der Waals surface area (Å²) in [6.07, 6.45) is 1.73. The Morgan fingerprint density at radius 3 is 2.64 bits per heavy atom. The second kappa shape index (κ2) is 7.92. The summed E-state index contributed by atoms with van der Waals surface area (Å²) in [4.78, 5) is 10.8. The van der Waals surface area contributed by atoms with Gasteiger partial charge in [0.15, 0.2) is 0 Å². The minimum absolute atomic E-state index is 0.0731. The van der Waals surface area contributed by atoms with Crippen molar-refractivity contribution in [1.29, 1.82) is 0 Å². The van der Waals surface area contributed by atoms with Crippen molar-refractivity contribution in [1.82, 2.24) is 0 Å². The Morgan fingerprint density at radius 1 is 1.36 bits per heavy atom. The lowest BCUT2D eigenvalue weighted by Crippen LogP contribution is -2.04. The first-order valence-electron chi connectivity index (χ1n) is 4.04. The molecule has 0 radical (unpaired) electrons. The number of carbonyl (C=O) groups is 1. The third-order valence-electron chi connectivity index (χ3n) is 1.10. The van der Waals surface area contributed by atoms with Crippen LogP contribution >= 0.6 is 11.8 Å². The van der Waals surface area contributed by atoms with Gasteiger partial charge in [0.2, 0.25) is 0 Å². The molecular formula is C8H16O2S. The van der Waals surface area contributed by atoms with Crippen LogP contribution in [-0.4, -0.2) is 24.1 Å². The first-order valence-corrected chi connectivity index (χ1v) is 5.20. The molecule has 66 valence electrons. The minimum atomic E-state index is -0.0731. The number of hydrogen-bond donors (Lipinski definition) is 0. The second-order valence-electron chi connectivity index (χ2n) is 2.17. The van der Waals surface area contributed by atoms with Crippen molar-refractivity contribution < 1.29 is 9.53 Å². The average molecular weight is 176 g/mol. The van der Waals surface area contributed by atoms with Crippen LogP contribution in [0.4, 0.5) is 0 Å². The van der Waals surface area contributed by atoms with Crippen LogP contribution in [0.2, 0.25) is 0 Å². The number of carbonyl (C=O) groups excluding carboxylic acids is 1. The molecule has 0 N–H and O–H groups in total. The molecule has 0 bridgehead atoms. The van der Waals surface area contributed by atoms with Gasteiger partial charge in [-0.1, -0.05) is 6.92 Å². The summed E-state index contributed by atoms with van der Waals surface area (Å²) in [5.74, 6) is 1.96. The van der Waals surface area contributed by atoms with Gasteiger partial charge in [0.1, 0.15) is 0 Å². The van der Waals surface area contributed by atoms with Crippen molar-refractivity contribution in [2.75, 3.05) is 18.1 Å². The standard InChI is InChI=1S/C8H16O2S/c1-3-6-11-7-5-8(9)10-4-2/h3-7H2,1-2H3. The van der Waals surface area contributed by atoms with Crippen molar-refractivity contribution in [3.8, 4) is 0 Å². The Labute approximate surface area is 72.7 Å². The van der Waals surface area contributed by atoms with Gasteiger partial charge >= 0.3 is 5.97 Å². The molecule has 0 saturated heterocycles. The average Bonchev–Trinajstić information content (AvgIpc) is 1.99. The summed E-state index contributed by atoms with van der Waals surface area (Å²) in [7, 11) is 0. The normalized spacial score (nSPS) is 9.64. The fourth-order valence-corrected chi connectivity index (χ4v) is 1.44. The first kappa shape index (κ1) is 10.8. The number of thioether (sulfide) groups is 1. The third-order valence-corrected chi connectivity index (χ3v) is 2.29. The van der Waals surface area contributed by atoms with E-state index in [-0.39, 0.29) is 5.97 Å². The third kappa shape index (κ3) is 7.72. The van der Waals surface area contributed by atoms with Gasteiger partial charge in [-0.3, -0.25) is 4.79 Å². The molecule has 2 nitrogen and oxygen atoms in total. The number of hydrogen-bond acceptors (Lipinski definition) is 3. The molecule has 3 heteroatoms. The molecule has 11 heavy (non-hydrogen) atoms. The van der Waals surface area contributed by atoms with Gasteiger partial charge in [0.25, 0.3) is 0 Å². The van der Waals surface area contributed by atoms with Gasteiger partial charge in [-0.05, 0) is 19.1 Å². The lowest BCUT2D eigenvalue weighted by molar-refractivity contribution is -0.142. The van der Waals surface area contributed by atoms with Gasteiger partial charge in [-0.2, -0.15) is 11.8 Å². The summed E-state index contributed by atoms with van der Waals surface area (Å²) in [6, 6.07) is 0. The molecule has 0 aliphatic rings. The van der Waals surface area contributed by atoms with E-state index in [9.17, 15) is 4.79 Å². The maximum Gasteiger partial charge on any atom is 0.306 e. The molecule has 0 aromatic heterocycles. The van der Waals surface area contributed by atoms with Crippen LogP contribution in [0.1, 0.15) is 26.7 Å². The maximum atomic E-state index is 10.8. The number of ether oxygens (including phenoxy) is 1. The van der Waals surface area contributed by atoms with Gasteiger partial charge in [0.05, 0.1) is 13.0 Å². The Kier molecular flexibility index (Phi) is 7.79. The smallest absolute Gasteiger partial charge is 0.306 e. The van der Waals surface area contributed by atoms with E-state index in [1.165, 1.54) is 6.42 Å². The quantitative estimate of drug-likeness (QED) is 0.458. The van der Waals surface area contributed by atoms with E-state index in [2.05, 4.69) is 6.92 Å². The van der Waals surface area contributed by atoms with E-state index in [1.54, 1.807) is 11.8 Å². The molecule has 0 unspecified atom stereocenters. The molecule has 0 aromatic rings. The SMILES string of the molecule is CCCSCCC(=O)OCC. The predicted molar refractivity (Wildman–Crippen MR) is 48.9 cm³/mol. The lowest BCUT2D eigenvalue weighted by Gasteiger charge is -2.00. The highest BCUT2D eigenvalue weighted by molar-refractivity contribution is 7.99. The molecule has 0 saturated carbocycles. The van der Waals surface area contributed by atoms with E-state index < -0.39 is 0 Å². The molecule has 0 aliphatic heterocycles. The highest BCUT2D eigenvalue weighted by Gasteiger charge is 1.99. The maximum absolute atomic E-state index is 10.8. The van der Waals surface area contributed by atoms with E-state index >= 15 is 0 Å². The van der Waals surface area contributed by atoms with Crippen molar-refractivity contribution in [3.63, 3.8) is 0 Å². The summed E-state index contributed by atoms with van der Waals surface area (Å²) in [5, 5.41) is 0. The number of esters is 1. The van der Waals surface area contributed by atoms with Gasteiger partial charge in [-0.15, -0.1) is 0 Å². The summed E-state index contributed by atoms with van der Waals surface area (Å²) >= 11 is 1.81.